The molecule has 0 unspecified atom stereocenters. The Balaban J connectivity index is 1.52. The zero-order valence-corrected chi connectivity index (χ0v) is 17.4. The van der Waals surface area contributed by atoms with E-state index in [1.807, 2.05) is 42.5 Å². The van der Waals surface area contributed by atoms with Crippen LogP contribution in [0.4, 0.5) is 22.0 Å². The molecule has 1 aliphatic rings. The van der Waals surface area contributed by atoms with Crippen LogP contribution < -0.4 is 9.88 Å². The van der Waals surface area contributed by atoms with Crippen molar-refractivity contribution in [2.45, 2.75) is 18.5 Å². The lowest BCUT2D eigenvalue weighted by Crippen LogP contribution is -2.45. The van der Waals surface area contributed by atoms with Gasteiger partial charge in [-0.05, 0) is 23.3 Å². The largest absolute Gasteiger partial charge is 0.341 e. The van der Waals surface area contributed by atoms with E-state index in [2.05, 4.69) is 10.4 Å². The fraction of sp³-hybridized carbons (Fsp3) is 0.125. The number of amides is 1. The van der Waals surface area contributed by atoms with Crippen molar-refractivity contribution in [3.63, 3.8) is 0 Å². The second-order valence-corrected chi connectivity index (χ2v) is 7.84. The molecule has 0 saturated carbocycles. The van der Waals surface area contributed by atoms with Crippen LogP contribution in [0.2, 0.25) is 0 Å². The van der Waals surface area contributed by atoms with Crippen molar-refractivity contribution in [2.24, 2.45) is 0 Å². The van der Waals surface area contributed by atoms with Gasteiger partial charge in [-0.25, -0.2) is 26.5 Å². The molecule has 2 atom stereocenters. The van der Waals surface area contributed by atoms with E-state index in [1.165, 1.54) is 0 Å². The van der Waals surface area contributed by atoms with Crippen molar-refractivity contribution in [2.75, 3.05) is 0 Å². The van der Waals surface area contributed by atoms with Gasteiger partial charge in [0, 0.05) is 11.5 Å². The van der Waals surface area contributed by atoms with Crippen molar-refractivity contribution < 1.29 is 31.3 Å². The van der Waals surface area contributed by atoms with Crippen molar-refractivity contribution in [3.05, 3.63) is 113 Å². The number of aromatic nitrogens is 3. The molecule has 1 aliphatic carbocycles. The Kier molecular flexibility index (Phi) is 5.35. The number of nitrogens with one attached hydrogen (secondary N) is 1. The molecule has 0 saturated heterocycles. The van der Waals surface area contributed by atoms with Gasteiger partial charge in [-0.1, -0.05) is 47.1 Å². The summed E-state index contributed by atoms with van der Waals surface area (Å²) in [7, 11) is 0. The molecule has 34 heavy (non-hydrogen) atoms. The Hall–Kier alpha value is -4.08. The maximum absolute atomic E-state index is 14.2. The standard InChI is InChI=1S/C24H15F5N4O/c25-18-17(19(26)21(28)22(29)20(18)27)24(34)31-23-15-9-5-4-6-13(15)10-16(23)32-11-30-33(12-32)14-7-2-1-3-8-14/h1-9,11-12,16,23H,10H2/p+1/t16-,23-/m1/s1. The summed E-state index contributed by atoms with van der Waals surface area (Å²) in [6.07, 6.45) is 3.69. The summed E-state index contributed by atoms with van der Waals surface area (Å²) in [4.78, 5) is 12.8. The van der Waals surface area contributed by atoms with Crippen LogP contribution in [0.3, 0.4) is 0 Å². The number of hydrogen-bond donors (Lipinski definition) is 1. The van der Waals surface area contributed by atoms with Gasteiger partial charge in [0.05, 0.1) is 6.04 Å². The molecular formula is C24H16F5N4O+. The predicted molar refractivity (Wildman–Crippen MR) is 109 cm³/mol. The Labute approximate surface area is 190 Å². The van der Waals surface area contributed by atoms with Crippen molar-refractivity contribution in [1.29, 1.82) is 0 Å². The highest BCUT2D eigenvalue weighted by molar-refractivity contribution is 5.95. The number of hydrogen-bond acceptors (Lipinski definition) is 2. The second kappa shape index (κ2) is 8.36. The van der Waals surface area contributed by atoms with E-state index in [1.54, 1.807) is 34.0 Å². The number of nitrogens with zero attached hydrogens (tertiary/aromatic N) is 3. The Morgan fingerprint density at radius 1 is 0.882 bits per heavy atom. The molecule has 4 aromatic rings. The highest BCUT2D eigenvalue weighted by Gasteiger charge is 2.39. The molecule has 1 amide bonds. The van der Waals surface area contributed by atoms with E-state index in [-0.39, 0.29) is 0 Å². The molecule has 1 N–H and O–H groups in total. The maximum Gasteiger partial charge on any atom is 0.265 e. The molecule has 0 radical (unpaired) electrons. The predicted octanol–water partition coefficient (Wildman–Crippen LogP) is 4.12. The van der Waals surface area contributed by atoms with Gasteiger partial charge >= 0.3 is 0 Å². The Bertz CT molecular complexity index is 1380. The first-order chi connectivity index (χ1) is 16.4. The van der Waals surface area contributed by atoms with E-state index in [0.29, 0.717) is 12.0 Å². The highest BCUT2D eigenvalue weighted by Crippen LogP contribution is 2.37. The number of benzene rings is 3. The summed E-state index contributed by atoms with van der Waals surface area (Å²) in [5, 5.41) is 6.80. The normalized spacial score (nSPS) is 17.0. The second-order valence-electron chi connectivity index (χ2n) is 7.84. The van der Waals surface area contributed by atoms with Gasteiger partial charge in [-0.15, -0.1) is 0 Å². The summed E-state index contributed by atoms with van der Waals surface area (Å²) >= 11 is 0. The first-order valence-corrected chi connectivity index (χ1v) is 10.3. The van der Waals surface area contributed by atoms with Crippen LogP contribution in [0.15, 0.2) is 67.3 Å². The first-order valence-electron chi connectivity index (χ1n) is 10.3. The number of fused-ring (bicyclic) bond motifs is 1. The Morgan fingerprint density at radius 3 is 2.21 bits per heavy atom. The van der Waals surface area contributed by atoms with Crippen LogP contribution >= 0.6 is 0 Å². The van der Waals surface area contributed by atoms with Crippen LogP contribution in [0.1, 0.15) is 33.6 Å². The van der Waals surface area contributed by atoms with E-state index < -0.39 is 52.6 Å². The van der Waals surface area contributed by atoms with E-state index >= 15 is 0 Å². The third kappa shape index (κ3) is 3.51. The average molecular weight is 471 g/mol. The smallest absolute Gasteiger partial charge is 0.265 e. The first kappa shape index (κ1) is 21.7. The zero-order valence-electron chi connectivity index (χ0n) is 17.4. The van der Waals surface area contributed by atoms with Gasteiger partial charge in [-0.2, -0.15) is 0 Å². The lowest BCUT2D eigenvalue weighted by atomic mass is 10.1. The number of carbonyl (C=O) groups excluding carboxylic acids is 1. The molecule has 10 heteroatoms. The van der Waals surface area contributed by atoms with Crippen molar-refractivity contribution >= 4 is 5.91 Å². The molecule has 1 aromatic heterocycles. The lowest BCUT2D eigenvalue weighted by Gasteiger charge is -2.20. The molecule has 0 bridgehead atoms. The van der Waals surface area contributed by atoms with Crippen LogP contribution in [0.25, 0.3) is 5.69 Å². The molecule has 5 nitrogen and oxygen atoms in total. The van der Waals surface area contributed by atoms with Crippen molar-refractivity contribution in [1.82, 2.24) is 15.1 Å². The average Bonchev–Trinajstić information content (AvgIpc) is 3.48. The third-order valence-electron chi connectivity index (χ3n) is 5.88. The van der Waals surface area contributed by atoms with Gasteiger partial charge in [0.15, 0.2) is 23.3 Å². The molecule has 0 spiro atoms. The number of para-hydroxylation sites is 1. The molecule has 0 aliphatic heterocycles. The summed E-state index contributed by atoms with van der Waals surface area (Å²) in [5.41, 5.74) is 0.808. The summed E-state index contributed by atoms with van der Waals surface area (Å²) in [6.45, 7) is 0. The number of carbonyl (C=O) groups is 1. The minimum atomic E-state index is -2.32. The van der Waals surface area contributed by atoms with Gasteiger partial charge in [-0.3, -0.25) is 4.79 Å². The fourth-order valence-corrected chi connectivity index (χ4v) is 4.23. The van der Waals surface area contributed by atoms with Gasteiger partial charge in [0.1, 0.15) is 17.3 Å². The maximum atomic E-state index is 14.2. The Morgan fingerprint density at radius 2 is 1.50 bits per heavy atom. The van der Waals surface area contributed by atoms with Crippen LogP contribution in [0, 0.1) is 29.1 Å². The van der Waals surface area contributed by atoms with E-state index in [0.717, 1.165) is 11.3 Å². The van der Waals surface area contributed by atoms with Crippen LogP contribution in [-0.4, -0.2) is 15.7 Å². The molecular weight excluding hydrogens is 455 g/mol. The third-order valence-corrected chi connectivity index (χ3v) is 5.88. The molecule has 0 fully saturated rings. The van der Waals surface area contributed by atoms with Gasteiger partial charge in [0.25, 0.3) is 12.2 Å². The number of rotatable bonds is 4. The molecule has 172 valence electrons. The fourth-order valence-electron chi connectivity index (χ4n) is 4.23. The number of halogens is 5. The van der Waals surface area contributed by atoms with Gasteiger partial charge in [0.2, 0.25) is 12.1 Å². The topological polar surface area (TPSA) is 50.8 Å². The van der Waals surface area contributed by atoms with Crippen LogP contribution in [0.5, 0.6) is 0 Å². The van der Waals surface area contributed by atoms with Gasteiger partial charge < -0.3 is 5.32 Å². The molecule has 3 aromatic carbocycles. The monoisotopic (exact) mass is 471 g/mol. The minimum Gasteiger partial charge on any atom is -0.341 e. The quantitative estimate of drug-likeness (QED) is 0.211. The van der Waals surface area contributed by atoms with Crippen molar-refractivity contribution in [3.8, 4) is 5.69 Å². The molecule has 1 heterocycles. The lowest BCUT2D eigenvalue weighted by molar-refractivity contribution is -0.725. The minimum absolute atomic E-state index is 0.448. The highest BCUT2D eigenvalue weighted by atomic mass is 19.2. The SMILES string of the molecule is O=C(N[C@@H]1c2ccccc2C[C@H]1[n+]1cnn(-c2ccccc2)c1)c1c(F)c(F)c(F)c(F)c1F. The van der Waals surface area contributed by atoms with E-state index in [9.17, 15) is 26.7 Å². The van der Waals surface area contributed by atoms with Crippen LogP contribution in [-0.2, 0) is 6.42 Å². The summed E-state index contributed by atoms with van der Waals surface area (Å²) in [6, 6.07) is 15.1. The molecule has 5 rings (SSSR count). The summed E-state index contributed by atoms with van der Waals surface area (Å²) < 4.78 is 72.6. The zero-order chi connectivity index (χ0) is 24.0. The van der Waals surface area contributed by atoms with E-state index in [4.69, 9.17) is 0 Å². The summed E-state index contributed by atoms with van der Waals surface area (Å²) in [5.74, 6) is -12.4.